The molecule has 1 rings (SSSR count). The second kappa shape index (κ2) is 5.53. The Balaban J connectivity index is 2.76. The largest absolute Gasteiger partial charge is 0.508 e. The second-order valence-corrected chi connectivity index (χ2v) is 3.90. The summed E-state index contributed by atoms with van der Waals surface area (Å²) in [6.07, 6.45) is 5.80. The lowest BCUT2D eigenvalue weighted by Gasteiger charge is -2.19. The number of nitrogens with one attached hydrogen (secondary N) is 1. The lowest BCUT2D eigenvalue weighted by atomic mass is 10.1. The Morgan fingerprint density at radius 1 is 1.50 bits per heavy atom. The van der Waals surface area contributed by atoms with E-state index in [9.17, 15) is 9.50 Å². The summed E-state index contributed by atoms with van der Waals surface area (Å²) >= 11 is 0. The highest BCUT2D eigenvalue weighted by Crippen LogP contribution is 2.25. The third-order valence-corrected chi connectivity index (χ3v) is 2.41. The van der Waals surface area contributed by atoms with Crippen molar-refractivity contribution >= 4 is 0 Å². The predicted molar refractivity (Wildman–Crippen MR) is 62.5 cm³/mol. The Kier molecular flexibility index (Phi) is 4.33. The number of terminal acetylenes is 1. The lowest BCUT2D eigenvalue weighted by molar-refractivity contribution is 0.433. The van der Waals surface area contributed by atoms with Crippen LogP contribution in [0.3, 0.4) is 0 Å². The Morgan fingerprint density at radius 3 is 2.81 bits per heavy atom. The van der Waals surface area contributed by atoms with Crippen LogP contribution in [-0.2, 0) is 0 Å². The molecule has 0 radical (unpaired) electrons. The maximum Gasteiger partial charge on any atom is 0.123 e. The SMILES string of the molecule is C#CCC(C)NC(C)c1cc(F)ccc1O. The van der Waals surface area contributed by atoms with Gasteiger partial charge in [0.15, 0.2) is 0 Å². The van der Waals surface area contributed by atoms with Gasteiger partial charge in [-0.1, -0.05) is 0 Å². The van der Waals surface area contributed by atoms with E-state index in [0.29, 0.717) is 12.0 Å². The summed E-state index contributed by atoms with van der Waals surface area (Å²) in [5.74, 6) is 2.29. The van der Waals surface area contributed by atoms with Crippen molar-refractivity contribution in [3.05, 3.63) is 29.6 Å². The molecular weight excluding hydrogens is 205 g/mol. The minimum Gasteiger partial charge on any atom is -0.508 e. The van der Waals surface area contributed by atoms with Crippen LogP contribution < -0.4 is 5.32 Å². The number of phenols is 1. The molecule has 0 aliphatic carbocycles. The van der Waals surface area contributed by atoms with Crippen LogP contribution in [0.5, 0.6) is 5.75 Å². The third-order valence-electron chi connectivity index (χ3n) is 2.41. The predicted octanol–water partition coefficient (Wildman–Crippen LogP) is 2.59. The lowest BCUT2D eigenvalue weighted by Crippen LogP contribution is -2.28. The molecule has 3 heteroatoms. The molecule has 1 aromatic rings. The molecule has 2 unspecified atom stereocenters. The van der Waals surface area contributed by atoms with E-state index in [4.69, 9.17) is 6.42 Å². The summed E-state index contributed by atoms with van der Waals surface area (Å²) < 4.78 is 13.0. The summed E-state index contributed by atoms with van der Waals surface area (Å²) in [5.41, 5.74) is 0.545. The number of halogens is 1. The highest BCUT2D eigenvalue weighted by molar-refractivity contribution is 5.34. The smallest absolute Gasteiger partial charge is 0.123 e. The number of phenolic OH excluding ortho intramolecular Hbond substituents is 1. The average Bonchev–Trinajstić information content (AvgIpc) is 2.21. The molecule has 86 valence electrons. The fourth-order valence-electron chi connectivity index (χ4n) is 1.62. The van der Waals surface area contributed by atoms with Gasteiger partial charge in [-0.25, -0.2) is 4.39 Å². The number of rotatable bonds is 4. The normalized spacial score (nSPS) is 14.1. The third kappa shape index (κ3) is 3.25. The first-order valence-corrected chi connectivity index (χ1v) is 5.22. The highest BCUT2D eigenvalue weighted by Gasteiger charge is 2.13. The number of hydrogen-bond donors (Lipinski definition) is 2. The van der Waals surface area contributed by atoms with Crippen molar-refractivity contribution in [1.29, 1.82) is 0 Å². The molecule has 0 aliphatic heterocycles. The first kappa shape index (κ1) is 12.5. The molecule has 0 bridgehead atoms. The van der Waals surface area contributed by atoms with Crippen molar-refractivity contribution in [3.63, 3.8) is 0 Å². The summed E-state index contributed by atoms with van der Waals surface area (Å²) in [4.78, 5) is 0. The van der Waals surface area contributed by atoms with E-state index in [-0.39, 0.29) is 23.7 Å². The highest BCUT2D eigenvalue weighted by atomic mass is 19.1. The zero-order valence-corrected chi connectivity index (χ0v) is 9.50. The van der Waals surface area contributed by atoms with Crippen LogP contribution in [0.1, 0.15) is 31.9 Å². The van der Waals surface area contributed by atoms with Gasteiger partial charge in [0.05, 0.1) is 0 Å². The second-order valence-electron chi connectivity index (χ2n) is 3.90. The van der Waals surface area contributed by atoms with Crippen LogP contribution in [0, 0.1) is 18.2 Å². The molecule has 0 amide bonds. The van der Waals surface area contributed by atoms with Gasteiger partial charge in [-0.3, -0.25) is 0 Å². The molecule has 2 atom stereocenters. The van der Waals surface area contributed by atoms with Gasteiger partial charge in [0.25, 0.3) is 0 Å². The zero-order valence-electron chi connectivity index (χ0n) is 9.50. The first-order chi connectivity index (χ1) is 7.54. The fourth-order valence-corrected chi connectivity index (χ4v) is 1.62. The van der Waals surface area contributed by atoms with Crippen molar-refractivity contribution < 1.29 is 9.50 Å². The molecule has 0 saturated heterocycles. The molecule has 2 nitrogen and oxygen atoms in total. The number of aromatic hydroxyl groups is 1. The molecule has 0 fully saturated rings. The Hall–Kier alpha value is -1.53. The van der Waals surface area contributed by atoms with Gasteiger partial charge in [-0.05, 0) is 32.0 Å². The van der Waals surface area contributed by atoms with Crippen LogP contribution >= 0.6 is 0 Å². The van der Waals surface area contributed by atoms with Gasteiger partial charge in [0.2, 0.25) is 0 Å². The molecule has 0 spiro atoms. The molecule has 16 heavy (non-hydrogen) atoms. The Morgan fingerprint density at radius 2 is 2.19 bits per heavy atom. The van der Waals surface area contributed by atoms with Gasteiger partial charge in [-0.2, -0.15) is 0 Å². The summed E-state index contributed by atoms with van der Waals surface area (Å²) in [6, 6.07) is 3.91. The molecule has 0 aliphatic rings. The maximum atomic E-state index is 13.0. The van der Waals surface area contributed by atoms with Crippen molar-refractivity contribution in [2.24, 2.45) is 0 Å². The van der Waals surface area contributed by atoms with E-state index >= 15 is 0 Å². The number of hydrogen-bond acceptors (Lipinski definition) is 2. The quantitative estimate of drug-likeness (QED) is 0.766. The summed E-state index contributed by atoms with van der Waals surface area (Å²) in [5, 5.41) is 12.8. The van der Waals surface area contributed by atoms with Crippen molar-refractivity contribution in [1.82, 2.24) is 5.32 Å². The Labute approximate surface area is 95.5 Å². The topological polar surface area (TPSA) is 32.3 Å². The van der Waals surface area contributed by atoms with E-state index in [1.807, 2.05) is 13.8 Å². The zero-order chi connectivity index (χ0) is 12.1. The Bertz CT molecular complexity index is 397. The van der Waals surface area contributed by atoms with Crippen LogP contribution in [0.2, 0.25) is 0 Å². The van der Waals surface area contributed by atoms with Crippen molar-refractivity contribution in [2.45, 2.75) is 32.4 Å². The van der Waals surface area contributed by atoms with Gasteiger partial charge in [0.1, 0.15) is 11.6 Å². The summed E-state index contributed by atoms with van der Waals surface area (Å²) in [7, 11) is 0. The summed E-state index contributed by atoms with van der Waals surface area (Å²) in [6.45, 7) is 3.81. The van der Waals surface area contributed by atoms with Crippen LogP contribution in [0.25, 0.3) is 0 Å². The monoisotopic (exact) mass is 221 g/mol. The molecule has 0 saturated carbocycles. The fraction of sp³-hybridized carbons (Fsp3) is 0.385. The van der Waals surface area contributed by atoms with Gasteiger partial charge in [-0.15, -0.1) is 12.3 Å². The van der Waals surface area contributed by atoms with Gasteiger partial charge >= 0.3 is 0 Å². The van der Waals surface area contributed by atoms with Crippen LogP contribution in [0.4, 0.5) is 4.39 Å². The minimum atomic E-state index is -0.356. The first-order valence-electron chi connectivity index (χ1n) is 5.22. The average molecular weight is 221 g/mol. The van der Waals surface area contributed by atoms with E-state index in [1.165, 1.54) is 18.2 Å². The molecule has 0 heterocycles. The molecule has 2 N–H and O–H groups in total. The number of benzene rings is 1. The van der Waals surface area contributed by atoms with E-state index in [0.717, 1.165) is 0 Å². The van der Waals surface area contributed by atoms with Crippen molar-refractivity contribution in [3.8, 4) is 18.1 Å². The van der Waals surface area contributed by atoms with Crippen LogP contribution in [0.15, 0.2) is 18.2 Å². The van der Waals surface area contributed by atoms with E-state index < -0.39 is 0 Å². The van der Waals surface area contributed by atoms with Gasteiger partial charge in [0, 0.05) is 24.1 Å². The molecular formula is C13H16FNO. The minimum absolute atomic E-state index is 0.0920. The van der Waals surface area contributed by atoms with Crippen molar-refractivity contribution in [2.75, 3.05) is 0 Å². The maximum absolute atomic E-state index is 13.0. The molecule has 1 aromatic carbocycles. The standard InChI is InChI=1S/C13H16FNO/c1-4-5-9(2)15-10(3)12-8-11(14)6-7-13(12)16/h1,6-10,15-16H,5H2,2-3H3. The van der Waals surface area contributed by atoms with Gasteiger partial charge < -0.3 is 10.4 Å². The molecule has 0 aromatic heterocycles. The van der Waals surface area contributed by atoms with E-state index in [1.54, 1.807) is 0 Å². The van der Waals surface area contributed by atoms with Crippen LogP contribution in [-0.4, -0.2) is 11.1 Å². The van der Waals surface area contributed by atoms with E-state index in [2.05, 4.69) is 11.2 Å².